The molecule has 3 N–H and O–H groups in total. The van der Waals surface area contributed by atoms with Crippen LogP contribution in [0, 0.1) is 16.7 Å². The lowest BCUT2D eigenvalue weighted by Crippen LogP contribution is -2.54. The Balaban J connectivity index is 1.07. The number of fused-ring (bicyclic) bond motifs is 3. The van der Waals surface area contributed by atoms with E-state index in [9.17, 15) is 5.11 Å². The lowest BCUT2D eigenvalue weighted by atomic mass is 9.52. The van der Waals surface area contributed by atoms with E-state index in [1.165, 1.54) is 11.3 Å². The van der Waals surface area contributed by atoms with E-state index in [0.29, 0.717) is 29.5 Å². The second-order valence-electron chi connectivity index (χ2n) is 14.2. The first-order chi connectivity index (χ1) is 21.8. The fraction of sp³-hybridized carbons (Fsp3) is 0.676. The minimum atomic E-state index is -0.496. The molecule has 4 aliphatic carbocycles. The third-order valence-corrected chi connectivity index (χ3v) is 11.5. The van der Waals surface area contributed by atoms with E-state index in [4.69, 9.17) is 14.5 Å². The molecule has 4 saturated carbocycles. The van der Waals surface area contributed by atoms with Crippen LogP contribution in [0.1, 0.15) is 89.7 Å². The molecule has 242 valence electrons. The smallest absolute Gasteiger partial charge is 0.227 e. The van der Waals surface area contributed by atoms with Gasteiger partial charge < -0.3 is 25.2 Å². The first-order valence-corrected chi connectivity index (χ1v) is 16.8. The summed E-state index contributed by atoms with van der Waals surface area (Å²) >= 11 is 0. The zero-order chi connectivity index (χ0) is 31.2. The Morgan fingerprint density at radius 1 is 0.978 bits per heavy atom. The molecule has 1 saturated heterocycles. The summed E-state index contributed by atoms with van der Waals surface area (Å²) in [4.78, 5) is 24.9. The first kappa shape index (κ1) is 30.5. The molecule has 11 heteroatoms. The summed E-state index contributed by atoms with van der Waals surface area (Å²) < 4.78 is 11.5. The molecule has 8 rings (SSSR count). The number of allylic oxidation sites excluding steroid dienone is 3. The fourth-order valence-electron chi connectivity index (χ4n) is 8.26. The number of nitrogens with one attached hydrogen (secondary N) is 2. The number of piperidine rings is 1. The largest absolute Gasteiger partial charge is 0.480 e. The van der Waals surface area contributed by atoms with Gasteiger partial charge in [-0.3, -0.25) is 4.90 Å². The highest BCUT2D eigenvalue weighted by atomic mass is 16.5. The van der Waals surface area contributed by atoms with Crippen LogP contribution in [0.3, 0.4) is 0 Å². The molecule has 11 nitrogen and oxygen atoms in total. The Labute approximate surface area is 266 Å². The standard InChI is InChI=1S/C34H48N8O3/c1-22(43)42-17-8-23(9-18-42)25-7-10-32(2,45-4)41-28(25)34-14-11-33(12-15-34,13-16-34)19-35-31-39-21-37-29(40-31)26-27(24-5-6-24)36-20-38-30(26)44-3/h7,10,20-24,41,43H,5-6,8-9,11-19H2,1-4H3,(H,35,37,39,40). The van der Waals surface area contributed by atoms with Crippen molar-refractivity contribution in [1.29, 1.82) is 0 Å². The number of aliphatic hydroxyl groups excluding tert-OH is 1. The molecule has 2 bridgehead atoms. The number of rotatable bonds is 10. The maximum atomic E-state index is 10.1. The van der Waals surface area contributed by atoms with Gasteiger partial charge in [0.05, 0.1) is 12.8 Å². The fourth-order valence-corrected chi connectivity index (χ4v) is 8.26. The number of methoxy groups -OCH3 is 2. The molecule has 5 fully saturated rings. The van der Waals surface area contributed by atoms with Crippen LogP contribution in [0.4, 0.5) is 5.95 Å². The summed E-state index contributed by atoms with van der Waals surface area (Å²) in [6, 6.07) is 0. The van der Waals surface area contributed by atoms with Crippen LogP contribution in [0.25, 0.3) is 11.4 Å². The minimum Gasteiger partial charge on any atom is -0.480 e. The lowest BCUT2D eigenvalue weighted by molar-refractivity contribution is -0.0151. The van der Waals surface area contributed by atoms with Crippen molar-refractivity contribution in [3.8, 4) is 17.3 Å². The molecule has 2 aromatic heterocycles. The molecular weight excluding hydrogens is 568 g/mol. The van der Waals surface area contributed by atoms with Gasteiger partial charge in [-0.1, -0.05) is 6.08 Å². The van der Waals surface area contributed by atoms with E-state index in [0.717, 1.165) is 95.1 Å². The number of aromatic nitrogens is 5. The van der Waals surface area contributed by atoms with Crippen LogP contribution in [0.15, 0.2) is 36.1 Å². The summed E-state index contributed by atoms with van der Waals surface area (Å²) in [5, 5.41) is 17.6. The molecule has 6 aliphatic rings. The number of dihydropyridines is 1. The average molecular weight is 617 g/mol. The van der Waals surface area contributed by atoms with Crippen LogP contribution in [-0.2, 0) is 4.74 Å². The quantitative estimate of drug-likeness (QED) is 0.341. The van der Waals surface area contributed by atoms with Gasteiger partial charge in [-0.15, -0.1) is 0 Å². The minimum absolute atomic E-state index is 0.145. The van der Waals surface area contributed by atoms with E-state index >= 15 is 0 Å². The van der Waals surface area contributed by atoms with Crippen molar-refractivity contribution < 1.29 is 14.6 Å². The number of likely N-dealkylation sites (tertiary alicyclic amines) is 1. The highest BCUT2D eigenvalue weighted by molar-refractivity contribution is 5.66. The molecule has 2 aliphatic heterocycles. The maximum Gasteiger partial charge on any atom is 0.227 e. The first-order valence-electron chi connectivity index (χ1n) is 16.8. The Morgan fingerprint density at radius 3 is 2.33 bits per heavy atom. The third kappa shape index (κ3) is 5.83. The summed E-state index contributed by atoms with van der Waals surface area (Å²) in [5.74, 6) is 2.57. The summed E-state index contributed by atoms with van der Waals surface area (Å²) in [5.41, 5.74) is 4.50. The van der Waals surface area contributed by atoms with Crippen LogP contribution < -0.4 is 15.4 Å². The lowest BCUT2D eigenvalue weighted by Gasteiger charge is -2.56. The Bertz CT molecular complexity index is 1440. The van der Waals surface area contributed by atoms with Crippen LogP contribution in [0.5, 0.6) is 5.88 Å². The molecule has 0 aromatic carbocycles. The van der Waals surface area contributed by atoms with E-state index in [2.05, 4.69) is 54.5 Å². The van der Waals surface area contributed by atoms with Gasteiger partial charge in [0.2, 0.25) is 11.8 Å². The van der Waals surface area contributed by atoms with Gasteiger partial charge in [-0.2, -0.15) is 4.98 Å². The molecule has 2 unspecified atom stereocenters. The van der Waals surface area contributed by atoms with Crippen LogP contribution in [-0.4, -0.2) is 80.7 Å². The zero-order valence-corrected chi connectivity index (χ0v) is 27.2. The SMILES string of the molecule is COc1ncnc(C2CC2)c1-c1ncnc(NCC23CCC(C4=C(C5CCN(C(C)O)CC5)C=CC(C)(OC)N4)(CC2)CC3)n1. The van der Waals surface area contributed by atoms with Crippen molar-refractivity contribution in [2.45, 2.75) is 95.9 Å². The highest BCUT2D eigenvalue weighted by Crippen LogP contribution is 2.61. The molecule has 0 radical (unpaired) electrons. The number of ether oxygens (including phenoxy) is 2. The molecule has 2 atom stereocenters. The predicted octanol–water partition coefficient (Wildman–Crippen LogP) is 4.79. The number of hydrogen-bond acceptors (Lipinski definition) is 11. The maximum absolute atomic E-state index is 10.1. The normalized spacial score (nSPS) is 31.1. The van der Waals surface area contributed by atoms with Gasteiger partial charge in [-0.05, 0) is 101 Å². The van der Waals surface area contributed by atoms with Crippen LogP contribution in [0.2, 0.25) is 0 Å². The van der Waals surface area contributed by atoms with E-state index in [1.807, 2.05) is 6.92 Å². The van der Waals surface area contributed by atoms with Crippen molar-refractivity contribution in [2.75, 3.05) is 39.2 Å². The topological polar surface area (TPSA) is 130 Å². The van der Waals surface area contributed by atoms with Gasteiger partial charge in [0.15, 0.2) is 11.5 Å². The zero-order valence-electron chi connectivity index (χ0n) is 27.2. The van der Waals surface area contributed by atoms with Crippen LogP contribution >= 0.6 is 0 Å². The molecule has 2 aromatic rings. The van der Waals surface area contributed by atoms with Gasteiger partial charge in [-0.25, -0.2) is 19.9 Å². The molecule has 4 heterocycles. The summed E-state index contributed by atoms with van der Waals surface area (Å²) in [7, 11) is 3.42. The van der Waals surface area contributed by atoms with Crippen molar-refractivity contribution in [2.24, 2.45) is 16.7 Å². The Hall–Kier alpha value is -3.15. The number of hydrogen-bond donors (Lipinski definition) is 3. The van der Waals surface area contributed by atoms with E-state index in [-0.39, 0.29) is 17.1 Å². The second kappa shape index (κ2) is 11.9. The number of anilines is 1. The van der Waals surface area contributed by atoms with Gasteiger partial charge >= 0.3 is 0 Å². The molecule has 0 amide bonds. The number of aliphatic hydroxyl groups is 1. The van der Waals surface area contributed by atoms with E-state index in [1.54, 1.807) is 26.9 Å². The summed E-state index contributed by atoms with van der Waals surface area (Å²) in [6.07, 6.45) is 18.6. The van der Waals surface area contributed by atoms with Gasteiger partial charge in [0, 0.05) is 43.8 Å². The third-order valence-electron chi connectivity index (χ3n) is 11.5. The molecule has 0 spiro atoms. The van der Waals surface area contributed by atoms with Crippen molar-refractivity contribution in [3.05, 3.63) is 41.8 Å². The van der Waals surface area contributed by atoms with E-state index < -0.39 is 5.72 Å². The average Bonchev–Trinajstić information content (AvgIpc) is 3.94. The second-order valence-corrected chi connectivity index (χ2v) is 14.2. The monoisotopic (exact) mass is 616 g/mol. The van der Waals surface area contributed by atoms with Crippen molar-refractivity contribution in [3.63, 3.8) is 0 Å². The Morgan fingerprint density at radius 2 is 1.69 bits per heavy atom. The molecule has 45 heavy (non-hydrogen) atoms. The van der Waals surface area contributed by atoms with Crippen molar-refractivity contribution in [1.82, 2.24) is 35.1 Å². The summed E-state index contributed by atoms with van der Waals surface area (Å²) in [6.45, 7) is 6.71. The Kier molecular flexibility index (Phi) is 8.06. The van der Waals surface area contributed by atoms with Gasteiger partial charge in [0.25, 0.3) is 0 Å². The highest BCUT2D eigenvalue weighted by Gasteiger charge is 2.52. The van der Waals surface area contributed by atoms with Crippen molar-refractivity contribution >= 4 is 5.95 Å². The number of nitrogens with zero attached hydrogens (tertiary/aromatic N) is 6. The van der Waals surface area contributed by atoms with Gasteiger partial charge in [0.1, 0.15) is 24.4 Å². The molecular formula is C34H48N8O3. The predicted molar refractivity (Wildman–Crippen MR) is 171 cm³/mol.